The van der Waals surface area contributed by atoms with Gasteiger partial charge in [-0.3, -0.25) is 10.1 Å². The molecule has 34 heavy (non-hydrogen) atoms. The van der Waals surface area contributed by atoms with Crippen LogP contribution in [0.2, 0.25) is 0 Å². The molecule has 5 nitrogen and oxygen atoms in total. The lowest BCUT2D eigenvalue weighted by Gasteiger charge is -2.09. The Labute approximate surface area is 204 Å². The van der Waals surface area contributed by atoms with Crippen molar-refractivity contribution in [1.82, 2.24) is 25.1 Å². The molecule has 0 atom stereocenters. The maximum Gasteiger partial charge on any atom is 0.116 e. The molecule has 0 unspecified atom stereocenters. The molecule has 0 saturated heterocycles. The van der Waals surface area contributed by atoms with Gasteiger partial charge >= 0.3 is 0 Å². The van der Waals surface area contributed by atoms with Gasteiger partial charge in [-0.1, -0.05) is 51.3 Å². The highest BCUT2D eigenvalue weighted by atomic mass is 15.1. The van der Waals surface area contributed by atoms with Crippen LogP contribution in [0.4, 0.5) is 0 Å². The van der Waals surface area contributed by atoms with E-state index in [9.17, 15) is 0 Å². The number of allylic oxidation sites excluding steroid dienone is 3. The van der Waals surface area contributed by atoms with E-state index in [0.29, 0.717) is 0 Å². The van der Waals surface area contributed by atoms with Gasteiger partial charge in [0.25, 0.3) is 0 Å². The maximum atomic E-state index is 4.59. The van der Waals surface area contributed by atoms with Gasteiger partial charge < -0.3 is 9.88 Å². The molecular weight excluding hydrogens is 418 g/mol. The van der Waals surface area contributed by atoms with Gasteiger partial charge in [-0.25, -0.2) is 0 Å². The minimum absolute atomic E-state index is 0.871. The topological polar surface area (TPSA) is 60.6 Å². The molecule has 0 saturated carbocycles. The van der Waals surface area contributed by atoms with Crippen LogP contribution in [0.5, 0.6) is 0 Å². The van der Waals surface area contributed by atoms with Crippen LogP contribution >= 0.6 is 0 Å². The summed E-state index contributed by atoms with van der Waals surface area (Å²) in [5, 5.41) is 9.71. The number of hydrogen-bond donors (Lipinski definition) is 2. The first-order chi connectivity index (χ1) is 16.4. The largest absolute Gasteiger partial charge is 0.357 e. The summed E-state index contributed by atoms with van der Waals surface area (Å²) in [6.07, 6.45) is 15.8. The molecule has 0 aliphatic heterocycles. The monoisotopic (exact) mass is 457 g/mol. The Kier molecular flexibility index (Phi) is 10.5. The zero-order valence-electron chi connectivity index (χ0n) is 21.6. The van der Waals surface area contributed by atoms with Crippen molar-refractivity contribution in [3.63, 3.8) is 0 Å². The van der Waals surface area contributed by atoms with Crippen LogP contribution < -0.4 is 10.6 Å². The Morgan fingerprint density at radius 1 is 1.18 bits per heavy atom. The molecule has 0 amide bonds. The minimum Gasteiger partial charge on any atom is -0.357 e. The fourth-order valence-electron chi connectivity index (χ4n) is 3.64. The predicted octanol–water partition coefficient (Wildman–Crippen LogP) is 5.12. The van der Waals surface area contributed by atoms with Crippen molar-refractivity contribution in [1.29, 1.82) is 0 Å². The Bertz CT molecular complexity index is 1240. The van der Waals surface area contributed by atoms with Crippen LogP contribution in [0.3, 0.4) is 0 Å². The van der Waals surface area contributed by atoms with E-state index >= 15 is 0 Å². The number of nitrogens with zero attached hydrogens (tertiary/aromatic N) is 3. The lowest BCUT2D eigenvalue weighted by atomic mass is 10.0. The maximum absolute atomic E-state index is 4.59. The highest BCUT2D eigenvalue weighted by Crippen LogP contribution is 2.20. The molecule has 3 rings (SSSR count). The zero-order chi connectivity index (χ0) is 25.1. The lowest BCUT2D eigenvalue weighted by Crippen LogP contribution is -2.23. The van der Waals surface area contributed by atoms with Crippen LogP contribution in [0.1, 0.15) is 49.6 Å². The van der Waals surface area contributed by atoms with Gasteiger partial charge in [-0.2, -0.15) is 5.10 Å². The molecule has 0 aliphatic rings. The van der Waals surface area contributed by atoms with E-state index in [1.807, 2.05) is 51.4 Å². The third kappa shape index (κ3) is 7.03. The molecule has 0 aromatic carbocycles. The molecule has 180 valence electrons. The SMILES string of the molecule is C=C/C=C\c1cc(-c2n[nH]c(=C/C)/c2=C\C(=C)c2cncc(CCCN(C)C)c2)[nH]c1C.CC. The third-order valence-electron chi connectivity index (χ3n) is 5.40. The van der Waals surface area contributed by atoms with E-state index in [2.05, 4.69) is 77.5 Å². The highest BCUT2D eigenvalue weighted by Gasteiger charge is 2.10. The zero-order valence-corrected chi connectivity index (χ0v) is 21.6. The van der Waals surface area contributed by atoms with Crippen molar-refractivity contribution in [3.8, 4) is 11.4 Å². The quantitative estimate of drug-likeness (QED) is 0.438. The molecule has 0 bridgehead atoms. The molecule has 0 fully saturated rings. The second-order valence-electron chi connectivity index (χ2n) is 8.20. The summed E-state index contributed by atoms with van der Waals surface area (Å²) in [5.74, 6) is 0. The summed E-state index contributed by atoms with van der Waals surface area (Å²) in [6.45, 7) is 17.2. The van der Waals surface area contributed by atoms with E-state index in [1.54, 1.807) is 6.08 Å². The molecule has 0 aliphatic carbocycles. The van der Waals surface area contributed by atoms with Crippen molar-refractivity contribution in [2.45, 2.75) is 40.5 Å². The van der Waals surface area contributed by atoms with Gasteiger partial charge in [0.15, 0.2) is 0 Å². The molecule has 2 N–H and O–H groups in total. The number of aromatic amines is 2. The summed E-state index contributed by atoms with van der Waals surface area (Å²) in [4.78, 5) is 10.1. The number of hydrogen-bond acceptors (Lipinski definition) is 3. The molecule has 5 heteroatoms. The molecule has 3 aromatic rings. The number of aromatic nitrogens is 4. The fourth-order valence-corrected chi connectivity index (χ4v) is 3.64. The Balaban J connectivity index is 0.00000199. The second kappa shape index (κ2) is 13.3. The van der Waals surface area contributed by atoms with Gasteiger partial charge in [0.2, 0.25) is 0 Å². The van der Waals surface area contributed by atoms with E-state index in [-0.39, 0.29) is 0 Å². The first-order valence-corrected chi connectivity index (χ1v) is 11.9. The smallest absolute Gasteiger partial charge is 0.116 e. The van der Waals surface area contributed by atoms with E-state index in [1.165, 1.54) is 5.56 Å². The summed E-state index contributed by atoms with van der Waals surface area (Å²) < 4.78 is 0. The molecule has 3 heterocycles. The van der Waals surface area contributed by atoms with Gasteiger partial charge in [0.05, 0.1) is 11.0 Å². The first kappa shape index (κ1) is 26.8. The average Bonchev–Trinajstić information content (AvgIpc) is 3.41. The van der Waals surface area contributed by atoms with Crippen molar-refractivity contribution in [2.24, 2.45) is 0 Å². The normalized spacial score (nSPS) is 12.3. The van der Waals surface area contributed by atoms with Crippen LogP contribution in [0.25, 0.3) is 35.2 Å². The van der Waals surface area contributed by atoms with Gasteiger partial charge in [0, 0.05) is 23.3 Å². The fraction of sp³-hybridized carbons (Fsp3) is 0.310. The van der Waals surface area contributed by atoms with E-state index in [0.717, 1.165) is 63.7 Å². The number of nitrogens with one attached hydrogen (secondary N) is 2. The van der Waals surface area contributed by atoms with E-state index < -0.39 is 0 Å². The third-order valence-corrected chi connectivity index (χ3v) is 5.40. The molecule has 0 spiro atoms. The van der Waals surface area contributed by atoms with Crippen LogP contribution in [-0.2, 0) is 6.42 Å². The number of rotatable bonds is 9. The lowest BCUT2D eigenvalue weighted by molar-refractivity contribution is 0.400. The Morgan fingerprint density at radius 2 is 1.94 bits per heavy atom. The number of H-pyrrole nitrogens is 2. The first-order valence-electron chi connectivity index (χ1n) is 11.9. The summed E-state index contributed by atoms with van der Waals surface area (Å²) in [7, 11) is 4.20. The summed E-state index contributed by atoms with van der Waals surface area (Å²) in [6, 6.07) is 4.30. The van der Waals surface area contributed by atoms with Crippen molar-refractivity contribution < 1.29 is 0 Å². The highest BCUT2D eigenvalue weighted by molar-refractivity contribution is 5.88. The molecule has 3 aromatic heterocycles. The minimum atomic E-state index is 0.871. The number of pyridine rings is 1. The van der Waals surface area contributed by atoms with E-state index in [4.69, 9.17) is 0 Å². The number of aryl methyl sites for hydroxylation is 2. The van der Waals surface area contributed by atoms with Gasteiger partial charge in [-0.05, 0) is 87.8 Å². The van der Waals surface area contributed by atoms with Crippen LogP contribution in [0, 0.1) is 6.92 Å². The standard InChI is InChI=1S/C27H33N5.C2H6/c1-7-9-12-22-16-26(29-20(22)4)27-24(25(8-2)30-31-27)14-19(3)23-15-21(17-28-18-23)11-10-13-32(5)6;1-2/h7-9,12,14-18,29-30H,1,3,10-11,13H2,2,4-6H3;1-2H3/b12-9-,24-14+,25-8+;. The van der Waals surface area contributed by atoms with Crippen molar-refractivity contribution >= 4 is 23.8 Å². The Hall–Kier alpha value is -3.44. The van der Waals surface area contributed by atoms with Gasteiger partial charge in [-0.15, -0.1) is 0 Å². The van der Waals surface area contributed by atoms with Crippen LogP contribution in [0.15, 0.2) is 49.8 Å². The average molecular weight is 458 g/mol. The van der Waals surface area contributed by atoms with Crippen LogP contribution in [-0.4, -0.2) is 45.7 Å². The van der Waals surface area contributed by atoms with Gasteiger partial charge in [0.1, 0.15) is 5.69 Å². The van der Waals surface area contributed by atoms with Crippen molar-refractivity contribution in [3.05, 3.63) is 82.8 Å². The van der Waals surface area contributed by atoms with Crippen molar-refractivity contribution in [2.75, 3.05) is 20.6 Å². The second-order valence-corrected chi connectivity index (χ2v) is 8.20. The molecular formula is C29H39N5. The molecule has 0 radical (unpaired) electrons. The summed E-state index contributed by atoms with van der Waals surface area (Å²) in [5.41, 5.74) is 7.20. The predicted molar refractivity (Wildman–Crippen MR) is 148 cm³/mol. The summed E-state index contributed by atoms with van der Waals surface area (Å²) >= 11 is 0. The Morgan fingerprint density at radius 3 is 2.62 bits per heavy atom.